The Labute approximate surface area is 107 Å². The van der Waals surface area contributed by atoms with Gasteiger partial charge in [-0.15, -0.1) is 0 Å². The topological polar surface area (TPSA) is 42.4 Å². The maximum absolute atomic E-state index is 11.4. The van der Waals surface area contributed by atoms with E-state index in [0.717, 1.165) is 29.7 Å². The van der Waals surface area contributed by atoms with Crippen molar-refractivity contribution >= 4 is 45.8 Å². The molecule has 0 atom stereocenters. The number of thiazole rings is 1. The van der Waals surface area contributed by atoms with Crippen LogP contribution in [0, 0.1) is 0 Å². The number of carbonyl (C=O) groups is 1. The summed E-state index contributed by atoms with van der Waals surface area (Å²) in [6, 6.07) is 0. The highest BCUT2D eigenvalue weighted by Crippen LogP contribution is 2.31. The molecule has 1 aliphatic heterocycles. The fourth-order valence-corrected chi connectivity index (χ4v) is 3.55. The molecular weight excluding hydrogens is 268 g/mol. The van der Waals surface area contributed by atoms with Crippen LogP contribution in [0.2, 0.25) is 5.15 Å². The fourth-order valence-electron chi connectivity index (χ4n) is 1.40. The van der Waals surface area contributed by atoms with Gasteiger partial charge < -0.3 is 9.64 Å². The van der Waals surface area contributed by atoms with Crippen molar-refractivity contribution in [1.29, 1.82) is 0 Å². The first kappa shape index (κ1) is 12.0. The Bertz CT molecular complexity index is 391. The van der Waals surface area contributed by atoms with Crippen molar-refractivity contribution in [1.82, 2.24) is 4.98 Å². The number of halogens is 1. The number of esters is 1. The summed E-state index contributed by atoms with van der Waals surface area (Å²) < 4.78 is 4.64. The van der Waals surface area contributed by atoms with E-state index in [1.54, 1.807) is 0 Å². The summed E-state index contributed by atoms with van der Waals surface area (Å²) in [6.07, 6.45) is 0. The van der Waals surface area contributed by atoms with Gasteiger partial charge in [-0.1, -0.05) is 22.9 Å². The van der Waals surface area contributed by atoms with Crippen molar-refractivity contribution in [2.24, 2.45) is 0 Å². The highest BCUT2D eigenvalue weighted by atomic mass is 35.5. The quantitative estimate of drug-likeness (QED) is 0.776. The smallest absolute Gasteiger partial charge is 0.351 e. The van der Waals surface area contributed by atoms with Gasteiger partial charge in [0.15, 0.2) is 15.2 Å². The number of thioether (sulfide) groups is 1. The normalized spacial score (nSPS) is 16.2. The van der Waals surface area contributed by atoms with E-state index in [9.17, 15) is 4.79 Å². The number of ether oxygens (including phenoxy) is 1. The first-order valence-corrected chi connectivity index (χ1v) is 7.14. The van der Waals surface area contributed by atoms with Gasteiger partial charge in [0.05, 0.1) is 7.11 Å². The van der Waals surface area contributed by atoms with Crippen LogP contribution in [0.3, 0.4) is 0 Å². The minimum atomic E-state index is -0.417. The van der Waals surface area contributed by atoms with Crippen LogP contribution in [-0.4, -0.2) is 42.7 Å². The lowest BCUT2D eigenvalue weighted by atomic mass is 10.5. The van der Waals surface area contributed by atoms with E-state index in [-0.39, 0.29) is 5.15 Å². The van der Waals surface area contributed by atoms with E-state index in [1.165, 1.54) is 18.4 Å². The molecule has 0 saturated carbocycles. The van der Waals surface area contributed by atoms with E-state index >= 15 is 0 Å². The SMILES string of the molecule is COC(=O)c1sc(N2CCSCC2)nc1Cl. The third kappa shape index (κ3) is 2.44. The number of carbonyl (C=O) groups excluding carboxylic acids is 1. The maximum atomic E-state index is 11.4. The van der Waals surface area contributed by atoms with Gasteiger partial charge in [0.25, 0.3) is 0 Å². The van der Waals surface area contributed by atoms with Crippen molar-refractivity contribution in [3.05, 3.63) is 10.0 Å². The Hall–Kier alpha value is -0.460. The van der Waals surface area contributed by atoms with Crippen molar-refractivity contribution < 1.29 is 9.53 Å². The average Bonchev–Trinajstić information content (AvgIpc) is 2.71. The third-order valence-electron chi connectivity index (χ3n) is 2.23. The van der Waals surface area contributed by atoms with Gasteiger partial charge in [-0.05, 0) is 0 Å². The van der Waals surface area contributed by atoms with Crippen LogP contribution in [0.15, 0.2) is 0 Å². The molecule has 0 N–H and O–H groups in total. The van der Waals surface area contributed by atoms with Crippen molar-refractivity contribution in [3.63, 3.8) is 0 Å². The molecule has 0 radical (unpaired) electrons. The summed E-state index contributed by atoms with van der Waals surface area (Å²) in [6.45, 7) is 1.91. The van der Waals surface area contributed by atoms with Crippen molar-refractivity contribution in [2.45, 2.75) is 0 Å². The number of hydrogen-bond acceptors (Lipinski definition) is 6. The molecule has 0 aromatic carbocycles. The van der Waals surface area contributed by atoms with Gasteiger partial charge in [0.2, 0.25) is 0 Å². The summed E-state index contributed by atoms with van der Waals surface area (Å²) in [4.78, 5) is 18.1. The molecular formula is C9H11ClN2O2S2. The van der Waals surface area contributed by atoms with E-state index in [0.29, 0.717) is 4.88 Å². The van der Waals surface area contributed by atoms with Gasteiger partial charge >= 0.3 is 5.97 Å². The molecule has 4 nitrogen and oxygen atoms in total. The molecule has 7 heteroatoms. The Morgan fingerprint density at radius 1 is 1.50 bits per heavy atom. The summed E-state index contributed by atoms with van der Waals surface area (Å²) >= 11 is 9.13. The summed E-state index contributed by atoms with van der Waals surface area (Å²) in [5, 5.41) is 1.05. The number of aromatic nitrogens is 1. The summed E-state index contributed by atoms with van der Waals surface area (Å²) in [7, 11) is 1.34. The van der Waals surface area contributed by atoms with Crippen LogP contribution < -0.4 is 4.90 Å². The second-order valence-corrected chi connectivity index (χ2v) is 5.77. The van der Waals surface area contributed by atoms with E-state index in [1.807, 2.05) is 11.8 Å². The van der Waals surface area contributed by atoms with Crippen molar-refractivity contribution in [2.75, 3.05) is 36.6 Å². The monoisotopic (exact) mass is 278 g/mol. The number of rotatable bonds is 2. The average molecular weight is 279 g/mol. The molecule has 0 aliphatic carbocycles. The largest absolute Gasteiger partial charge is 0.465 e. The first-order chi connectivity index (χ1) is 7.72. The van der Waals surface area contributed by atoms with Crippen LogP contribution in [0.4, 0.5) is 5.13 Å². The fraction of sp³-hybridized carbons (Fsp3) is 0.556. The van der Waals surface area contributed by atoms with Gasteiger partial charge in [-0.2, -0.15) is 11.8 Å². The molecule has 0 bridgehead atoms. The zero-order valence-electron chi connectivity index (χ0n) is 8.73. The zero-order valence-corrected chi connectivity index (χ0v) is 11.1. The molecule has 1 aromatic heterocycles. The van der Waals surface area contributed by atoms with E-state index < -0.39 is 5.97 Å². The van der Waals surface area contributed by atoms with Gasteiger partial charge in [0.1, 0.15) is 0 Å². The Morgan fingerprint density at radius 3 is 2.81 bits per heavy atom. The molecule has 2 rings (SSSR count). The molecule has 16 heavy (non-hydrogen) atoms. The standard InChI is InChI=1S/C9H11ClN2O2S2/c1-14-8(13)6-7(10)11-9(16-6)12-2-4-15-5-3-12/h2-5H2,1H3. The second-order valence-electron chi connectivity index (χ2n) is 3.21. The number of hydrogen-bond donors (Lipinski definition) is 0. The molecule has 0 amide bonds. The van der Waals surface area contributed by atoms with Gasteiger partial charge in [0, 0.05) is 24.6 Å². The lowest BCUT2D eigenvalue weighted by molar-refractivity contribution is 0.0606. The molecule has 1 saturated heterocycles. The summed E-state index contributed by atoms with van der Waals surface area (Å²) in [5.74, 6) is 1.76. The third-order valence-corrected chi connectivity index (χ3v) is 4.65. The zero-order chi connectivity index (χ0) is 11.5. The number of anilines is 1. The highest BCUT2D eigenvalue weighted by Gasteiger charge is 2.21. The maximum Gasteiger partial charge on any atom is 0.351 e. The van der Waals surface area contributed by atoms with Crippen molar-refractivity contribution in [3.8, 4) is 0 Å². The van der Waals surface area contributed by atoms with Crippen LogP contribution in [0.1, 0.15) is 9.67 Å². The number of methoxy groups -OCH3 is 1. The first-order valence-electron chi connectivity index (χ1n) is 4.79. The van der Waals surface area contributed by atoms with E-state index in [4.69, 9.17) is 11.6 Å². The minimum Gasteiger partial charge on any atom is -0.465 e. The minimum absolute atomic E-state index is 0.241. The highest BCUT2D eigenvalue weighted by molar-refractivity contribution is 7.99. The van der Waals surface area contributed by atoms with Crippen LogP contribution in [0.5, 0.6) is 0 Å². The van der Waals surface area contributed by atoms with E-state index in [2.05, 4.69) is 14.6 Å². The van der Waals surface area contributed by atoms with Crippen LogP contribution >= 0.6 is 34.7 Å². The Morgan fingerprint density at radius 2 is 2.19 bits per heavy atom. The molecule has 2 heterocycles. The predicted octanol–water partition coefficient (Wildman–Crippen LogP) is 2.14. The molecule has 0 spiro atoms. The van der Waals surface area contributed by atoms with Crippen LogP contribution in [-0.2, 0) is 4.74 Å². The van der Waals surface area contributed by atoms with Gasteiger partial charge in [-0.25, -0.2) is 9.78 Å². The van der Waals surface area contributed by atoms with Gasteiger partial charge in [-0.3, -0.25) is 0 Å². The lowest BCUT2D eigenvalue weighted by Gasteiger charge is -2.25. The molecule has 1 aromatic rings. The summed E-state index contributed by atoms with van der Waals surface area (Å²) in [5.41, 5.74) is 0. The second kappa shape index (κ2) is 5.25. The predicted molar refractivity (Wildman–Crippen MR) is 68.0 cm³/mol. The number of nitrogens with zero attached hydrogens (tertiary/aromatic N) is 2. The Kier molecular flexibility index (Phi) is 3.94. The van der Waals surface area contributed by atoms with Crippen LogP contribution in [0.25, 0.3) is 0 Å². The Balaban J connectivity index is 2.19. The molecule has 1 aliphatic rings. The molecule has 0 unspecified atom stereocenters. The lowest BCUT2D eigenvalue weighted by Crippen LogP contribution is -2.32. The molecule has 88 valence electrons. The molecule has 1 fully saturated rings.